The molecule has 2 nitrogen and oxygen atoms in total. The van der Waals surface area contributed by atoms with Crippen molar-refractivity contribution in [2.75, 3.05) is 0 Å². The third-order valence-electron chi connectivity index (χ3n) is 3.99. The van der Waals surface area contributed by atoms with Gasteiger partial charge in [0.15, 0.2) is 0 Å². The van der Waals surface area contributed by atoms with Crippen molar-refractivity contribution >= 4 is 28.9 Å². The molecule has 0 radical (unpaired) electrons. The lowest BCUT2D eigenvalue weighted by Gasteiger charge is -2.38. The summed E-state index contributed by atoms with van der Waals surface area (Å²) in [7, 11) is 0. The van der Waals surface area contributed by atoms with Gasteiger partial charge in [-0.2, -0.15) is 0 Å². The summed E-state index contributed by atoms with van der Waals surface area (Å²) in [6.07, 6.45) is 3.13. The van der Waals surface area contributed by atoms with E-state index in [2.05, 4.69) is 0 Å². The summed E-state index contributed by atoms with van der Waals surface area (Å²) in [6.45, 7) is 0. The number of carboxylic acid groups (broad SMARTS) is 1. The second-order valence-corrected chi connectivity index (χ2v) is 6.93. The SMILES string of the molecule is O=C(O)CC1(CC(F)(F)c2sccc2Cl)CCCCC1. The molecule has 1 aromatic rings. The van der Waals surface area contributed by atoms with E-state index >= 15 is 0 Å². The summed E-state index contributed by atoms with van der Waals surface area (Å²) in [4.78, 5) is 10.9. The van der Waals surface area contributed by atoms with Crippen molar-refractivity contribution in [2.45, 2.75) is 50.9 Å². The fourth-order valence-electron chi connectivity index (χ4n) is 3.14. The molecule has 0 aliphatic heterocycles. The van der Waals surface area contributed by atoms with Crippen LogP contribution in [0.4, 0.5) is 8.78 Å². The number of hydrogen-bond donors (Lipinski definition) is 1. The third-order valence-corrected chi connectivity index (χ3v) is 5.44. The predicted octanol–water partition coefficient (Wildman–Crippen LogP) is 5.31. The van der Waals surface area contributed by atoms with E-state index in [9.17, 15) is 13.6 Å². The van der Waals surface area contributed by atoms with Crippen molar-refractivity contribution in [1.82, 2.24) is 0 Å². The van der Waals surface area contributed by atoms with Crippen LogP contribution in [0.25, 0.3) is 0 Å². The van der Waals surface area contributed by atoms with Crippen LogP contribution >= 0.6 is 22.9 Å². The third kappa shape index (κ3) is 3.50. The predicted molar refractivity (Wildman–Crippen MR) is 75.6 cm³/mol. The average molecular weight is 323 g/mol. The van der Waals surface area contributed by atoms with Crippen LogP contribution in [0.15, 0.2) is 11.4 Å². The van der Waals surface area contributed by atoms with E-state index in [-0.39, 0.29) is 16.3 Å². The van der Waals surface area contributed by atoms with Gasteiger partial charge in [0.25, 0.3) is 5.92 Å². The summed E-state index contributed by atoms with van der Waals surface area (Å²) in [5.41, 5.74) is -0.805. The summed E-state index contributed by atoms with van der Waals surface area (Å²) in [5.74, 6) is -4.06. The highest BCUT2D eigenvalue weighted by Crippen LogP contribution is 2.51. The fraction of sp³-hybridized carbons (Fsp3) is 0.643. The van der Waals surface area contributed by atoms with Crippen LogP contribution < -0.4 is 0 Å². The summed E-state index contributed by atoms with van der Waals surface area (Å²) in [6, 6.07) is 1.46. The number of hydrogen-bond acceptors (Lipinski definition) is 2. The molecule has 1 fully saturated rings. The van der Waals surface area contributed by atoms with E-state index in [1.807, 2.05) is 0 Å². The quantitative estimate of drug-likeness (QED) is 0.797. The second-order valence-electron chi connectivity index (χ2n) is 5.61. The van der Waals surface area contributed by atoms with Gasteiger partial charge in [-0.15, -0.1) is 11.3 Å². The highest BCUT2D eigenvalue weighted by Gasteiger charge is 2.46. The minimum atomic E-state index is -3.06. The molecule has 20 heavy (non-hydrogen) atoms. The van der Waals surface area contributed by atoms with Crippen LogP contribution in [0.2, 0.25) is 5.02 Å². The summed E-state index contributed by atoms with van der Waals surface area (Å²) >= 11 is 6.74. The Morgan fingerprint density at radius 1 is 1.40 bits per heavy atom. The molecular weight excluding hydrogens is 306 g/mol. The first-order valence-corrected chi connectivity index (χ1v) is 7.94. The molecule has 1 aromatic heterocycles. The van der Waals surface area contributed by atoms with Crippen molar-refractivity contribution in [2.24, 2.45) is 5.41 Å². The van der Waals surface area contributed by atoms with Gasteiger partial charge in [0.2, 0.25) is 0 Å². The van der Waals surface area contributed by atoms with Gasteiger partial charge in [-0.25, -0.2) is 8.78 Å². The topological polar surface area (TPSA) is 37.3 Å². The molecule has 0 saturated heterocycles. The molecule has 0 bridgehead atoms. The monoisotopic (exact) mass is 322 g/mol. The molecule has 1 heterocycles. The Labute approximate surface area is 125 Å². The lowest BCUT2D eigenvalue weighted by atomic mass is 9.68. The maximum atomic E-state index is 14.5. The van der Waals surface area contributed by atoms with E-state index in [0.717, 1.165) is 30.6 Å². The molecule has 0 spiro atoms. The van der Waals surface area contributed by atoms with Crippen LogP contribution in [0.3, 0.4) is 0 Å². The number of rotatable bonds is 5. The first-order valence-electron chi connectivity index (χ1n) is 6.68. The van der Waals surface area contributed by atoms with Gasteiger partial charge in [0.1, 0.15) is 0 Å². The van der Waals surface area contributed by atoms with Crippen molar-refractivity contribution in [3.8, 4) is 0 Å². The molecule has 1 aliphatic rings. The van der Waals surface area contributed by atoms with Gasteiger partial charge < -0.3 is 5.11 Å². The zero-order chi connectivity index (χ0) is 14.8. The van der Waals surface area contributed by atoms with E-state index < -0.39 is 23.7 Å². The average Bonchev–Trinajstić information content (AvgIpc) is 2.75. The number of halogens is 3. The number of carboxylic acids is 1. The first-order chi connectivity index (χ1) is 9.35. The number of alkyl halides is 2. The Bertz CT molecular complexity index is 481. The van der Waals surface area contributed by atoms with Crippen LogP contribution in [0.1, 0.15) is 49.8 Å². The Hall–Kier alpha value is -0.680. The van der Waals surface area contributed by atoms with Gasteiger partial charge >= 0.3 is 5.97 Å². The zero-order valence-electron chi connectivity index (χ0n) is 11.0. The van der Waals surface area contributed by atoms with Crippen LogP contribution in [-0.2, 0) is 10.7 Å². The largest absolute Gasteiger partial charge is 0.481 e. The van der Waals surface area contributed by atoms with E-state index in [1.54, 1.807) is 0 Å². The molecule has 2 rings (SSSR count). The lowest BCUT2D eigenvalue weighted by molar-refractivity contribution is -0.143. The van der Waals surface area contributed by atoms with Crippen molar-refractivity contribution in [1.29, 1.82) is 0 Å². The zero-order valence-corrected chi connectivity index (χ0v) is 12.6. The molecule has 1 saturated carbocycles. The maximum absolute atomic E-state index is 14.5. The molecule has 1 N–H and O–H groups in total. The molecule has 0 amide bonds. The molecule has 1 aliphatic carbocycles. The highest BCUT2D eigenvalue weighted by atomic mass is 35.5. The number of thiophene rings is 1. The van der Waals surface area contributed by atoms with Gasteiger partial charge in [-0.1, -0.05) is 30.9 Å². The summed E-state index contributed by atoms with van der Waals surface area (Å²) in [5, 5.41) is 10.7. The molecule has 112 valence electrons. The van der Waals surface area contributed by atoms with Crippen LogP contribution in [0, 0.1) is 5.41 Å². The minimum Gasteiger partial charge on any atom is -0.481 e. The highest BCUT2D eigenvalue weighted by molar-refractivity contribution is 7.10. The standard InChI is InChI=1S/C14H17ClF2O2S/c15-10-4-7-20-12(10)14(16,17)9-13(8-11(18)19)5-2-1-3-6-13/h4,7H,1-3,5-6,8-9H2,(H,18,19). The minimum absolute atomic E-state index is 0.0706. The Morgan fingerprint density at radius 3 is 2.55 bits per heavy atom. The Morgan fingerprint density at radius 2 is 2.05 bits per heavy atom. The van der Waals surface area contributed by atoms with Gasteiger partial charge in [-0.05, 0) is 29.7 Å². The molecular formula is C14H17ClF2O2S. The lowest BCUT2D eigenvalue weighted by Crippen LogP contribution is -2.33. The summed E-state index contributed by atoms with van der Waals surface area (Å²) < 4.78 is 28.9. The fourth-order valence-corrected chi connectivity index (χ4v) is 4.32. The van der Waals surface area contributed by atoms with Crippen LogP contribution in [-0.4, -0.2) is 11.1 Å². The molecule has 0 unspecified atom stereocenters. The van der Waals surface area contributed by atoms with E-state index in [4.69, 9.17) is 16.7 Å². The van der Waals surface area contributed by atoms with E-state index in [0.29, 0.717) is 12.8 Å². The van der Waals surface area contributed by atoms with Crippen molar-refractivity contribution in [3.05, 3.63) is 21.3 Å². The number of aliphatic carboxylic acids is 1. The normalized spacial score (nSPS) is 18.9. The van der Waals surface area contributed by atoms with Gasteiger partial charge in [-0.3, -0.25) is 4.79 Å². The van der Waals surface area contributed by atoms with Crippen molar-refractivity contribution in [3.63, 3.8) is 0 Å². The van der Waals surface area contributed by atoms with Gasteiger partial charge in [0.05, 0.1) is 16.3 Å². The maximum Gasteiger partial charge on any atom is 0.303 e. The van der Waals surface area contributed by atoms with Gasteiger partial charge in [0, 0.05) is 6.42 Å². The molecule has 6 heteroatoms. The number of carbonyl (C=O) groups is 1. The van der Waals surface area contributed by atoms with Crippen molar-refractivity contribution < 1.29 is 18.7 Å². The van der Waals surface area contributed by atoms with E-state index in [1.165, 1.54) is 11.4 Å². The first kappa shape index (κ1) is 15.7. The Kier molecular flexibility index (Phi) is 4.69. The molecule has 0 atom stereocenters. The Balaban J connectivity index is 2.22. The molecule has 0 aromatic carbocycles. The van der Waals surface area contributed by atoms with Crippen LogP contribution in [0.5, 0.6) is 0 Å². The smallest absolute Gasteiger partial charge is 0.303 e. The second kappa shape index (κ2) is 5.98.